The van der Waals surface area contributed by atoms with Crippen LogP contribution in [-0.2, 0) is 22.6 Å². The molecule has 0 bridgehead atoms. The van der Waals surface area contributed by atoms with E-state index >= 15 is 0 Å². The summed E-state index contributed by atoms with van der Waals surface area (Å²) in [7, 11) is 1.85. The second-order valence-corrected chi connectivity index (χ2v) is 7.82. The summed E-state index contributed by atoms with van der Waals surface area (Å²) in [5.74, 6) is 0.268. The van der Waals surface area contributed by atoms with Gasteiger partial charge in [0, 0.05) is 30.3 Å². The van der Waals surface area contributed by atoms with E-state index in [-0.39, 0.29) is 49.5 Å². The Bertz CT molecular complexity index is 890. The van der Waals surface area contributed by atoms with E-state index in [9.17, 15) is 14.7 Å². The topological polar surface area (TPSA) is 134 Å². The van der Waals surface area contributed by atoms with Crippen molar-refractivity contribution in [1.82, 2.24) is 30.4 Å². The van der Waals surface area contributed by atoms with E-state index in [0.29, 0.717) is 30.1 Å². The van der Waals surface area contributed by atoms with Crippen LogP contribution in [-0.4, -0.2) is 80.9 Å². The molecule has 3 atom stereocenters. The van der Waals surface area contributed by atoms with Gasteiger partial charge in [0.2, 0.25) is 11.8 Å². The fraction of sp³-hybridized carbons (Fsp3) is 0.550. The Labute approximate surface area is 180 Å². The summed E-state index contributed by atoms with van der Waals surface area (Å²) in [5.41, 5.74) is 1.23. The van der Waals surface area contributed by atoms with Gasteiger partial charge in [0.15, 0.2) is 0 Å². The first-order valence-electron chi connectivity index (χ1n) is 10.3. The van der Waals surface area contributed by atoms with Gasteiger partial charge < -0.3 is 25.4 Å². The van der Waals surface area contributed by atoms with Crippen LogP contribution in [0.25, 0.3) is 0 Å². The van der Waals surface area contributed by atoms with Gasteiger partial charge in [-0.1, -0.05) is 6.92 Å². The third kappa shape index (κ3) is 5.76. The van der Waals surface area contributed by atoms with E-state index in [4.69, 9.17) is 4.74 Å². The molecule has 0 saturated carbocycles. The van der Waals surface area contributed by atoms with Gasteiger partial charge in [-0.3, -0.25) is 9.59 Å². The molecule has 0 fully saturated rings. The Kier molecular flexibility index (Phi) is 7.53. The van der Waals surface area contributed by atoms with Crippen LogP contribution in [0.4, 0.5) is 5.69 Å². The molecular formula is C20H29N7O4. The molecule has 1 aromatic heterocycles. The molecule has 3 N–H and O–H groups in total. The Morgan fingerprint density at radius 3 is 2.90 bits per heavy atom. The van der Waals surface area contributed by atoms with Crippen LogP contribution in [0.15, 0.2) is 24.5 Å². The lowest BCUT2D eigenvalue weighted by molar-refractivity contribution is -0.134. The molecule has 1 aliphatic heterocycles. The minimum atomic E-state index is -0.300. The average molecular weight is 431 g/mol. The van der Waals surface area contributed by atoms with E-state index in [1.807, 2.05) is 20.9 Å². The molecule has 168 valence electrons. The van der Waals surface area contributed by atoms with Gasteiger partial charge in [0.25, 0.3) is 0 Å². The zero-order valence-electron chi connectivity index (χ0n) is 18.0. The van der Waals surface area contributed by atoms with Crippen molar-refractivity contribution in [1.29, 1.82) is 0 Å². The number of anilines is 1. The molecule has 1 aromatic carbocycles. The van der Waals surface area contributed by atoms with Crippen LogP contribution in [0.1, 0.15) is 19.4 Å². The van der Waals surface area contributed by atoms with Crippen LogP contribution in [0, 0.1) is 5.92 Å². The minimum Gasteiger partial charge on any atom is -0.488 e. The number of carbonyl (C=O) groups is 2. The van der Waals surface area contributed by atoms with Crippen molar-refractivity contribution in [3.63, 3.8) is 0 Å². The lowest BCUT2D eigenvalue weighted by Gasteiger charge is -2.32. The number of aromatic nitrogens is 4. The quantitative estimate of drug-likeness (QED) is 0.543. The highest BCUT2D eigenvalue weighted by molar-refractivity contribution is 5.91. The number of hydrogen-bond acceptors (Lipinski definition) is 8. The van der Waals surface area contributed by atoms with Gasteiger partial charge >= 0.3 is 0 Å². The zero-order valence-corrected chi connectivity index (χ0v) is 18.0. The predicted molar refractivity (Wildman–Crippen MR) is 112 cm³/mol. The number of rotatable bonds is 7. The van der Waals surface area contributed by atoms with Gasteiger partial charge in [-0.25, -0.2) is 4.68 Å². The maximum atomic E-state index is 13.1. The maximum absolute atomic E-state index is 13.1. The number of tetrazole rings is 1. The molecule has 31 heavy (non-hydrogen) atoms. The molecule has 2 heterocycles. The number of nitrogens with zero attached hydrogens (tertiary/aromatic N) is 5. The SMILES string of the molecule is CNC[C@@H]1Oc2ccc(NC(=O)Cn3cnnn3)cc2CC(=O)N([C@@H](C)CO)C[C@@H]1C. The Hall–Kier alpha value is -3.05. The van der Waals surface area contributed by atoms with Crippen molar-refractivity contribution in [2.24, 2.45) is 5.92 Å². The number of fused-ring (bicyclic) bond motifs is 1. The van der Waals surface area contributed by atoms with Gasteiger partial charge in [-0.15, -0.1) is 5.10 Å². The number of aliphatic hydroxyl groups excluding tert-OH is 1. The maximum Gasteiger partial charge on any atom is 0.246 e. The summed E-state index contributed by atoms with van der Waals surface area (Å²) in [6.45, 7) is 4.81. The lowest BCUT2D eigenvalue weighted by Crippen LogP contribution is -2.47. The molecule has 2 amide bonds. The third-order valence-electron chi connectivity index (χ3n) is 5.30. The highest BCUT2D eigenvalue weighted by atomic mass is 16.5. The molecule has 11 nitrogen and oxygen atoms in total. The molecule has 0 saturated heterocycles. The number of ether oxygens (including phenoxy) is 1. The molecule has 0 unspecified atom stereocenters. The van der Waals surface area contributed by atoms with Crippen LogP contribution in [0.2, 0.25) is 0 Å². The molecule has 3 rings (SSSR count). The monoisotopic (exact) mass is 431 g/mol. The van der Waals surface area contributed by atoms with Crippen molar-refractivity contribution in [3.05, 3.63) is 30.1 Å². The summed E-state index contributed by atoms with van der Waals surface area (Å²) in [6, 6.07) is 4.97. The summed E-state index contributed by atoms with van der Waals surface area (Å²) in [5, 5.41) is 26.3. The summed E-state index contributed by atoms with van der Waals surface area (Å²) < 4.78 is 7.59. The molecule has 2 aromatic rings. The van der Waals surface area contributed by atoms with Crippen LogP contribution in [0.3, 0.4) is 0 Å². The highest BCUT2D eigenvalue weighted by Gasteiger charge is 2.30. The lowest BCUT2D eigenvalue weighted by atomic mass is 10.0. The number of likely N-dealkylation sites (N-methyl/N-ethyl adjacent to an activating group) is 1. The molecule has 0 aliphatic carbocycles. The van der Waals surface area contributed by atoms with Crippen molar-refractivity contribution < 1.29 is 19.4 Å². The zero-order chi connectivity index (χ0) is 22.4. The number of aliphatic hydroxyl groups is 1. The first-order chi connectivity index (χ1) is 14.9. The van der Waals surface area contributed by atoms with Crippen LogP contribution < -0.4 is 15.4 Å². The molecule has 11 heteroatoms. The van der Waals surface area contributed by atoms with Crippen LogP contribution >= 0.6 is 0 Å². The number of hydrogen-bond donors (Lipinski definition) is 3. The molecular weight excluding hydrogens is 402 g/mol. The first kappa shape index (κ1) is 22.6. The normalized spacial score (nSPS) is 20.1. The fourth-order valence-corrected chi connectivity index (χ4v) is 3.55. The van der Waals surface area contributed by atoms with E-state index in [1.165, 1.54) is 11.0 Å². The van der Waals surface area contributed by atoms with Crippen molar-refractivity contribution >= 4 is 17.5 Å². The largest absolute Gasteiger partial charge is 0.488 e. The Morgan fingerprint density at radius 1 is 1.42 bits per heavy atom. The first-order valence-corrected chi connectivity index (χ1v) is 10.3. The fourth-order valence-electron chi connectivity index (χ4n) is 3.55. The van der Waals surface area contributed by atoms with Crippen molar-refractivity contribution in [3.8, 4) is 5.75 Å². The van der Waals surface area contributed by atoms with Crippen molar-refractivity contribution in [2.45, 2.75) is 39.0 Å². The standard InChI is InChI=1S/C20H29N7O4/c1-13-9-27(14(2)11-28)20(30)7-15-6-16(4-5-17(15)31-18(13)8-21-3)23-19(29)10-26-12-22-24-25-26/h4-6,12-14,18,21,28H,7-11H2,1-3H3,(H,23,29)/t13-,14-,18-/m0/s1. The summed E-state index contributed by atoms with van der Waals surface area (Å²) in [6.07, 6.45) is 1.30. The van der Waals surface area contributed by atoms with Crippen molar-refractivity contribution in [2.75, 3.05) is 32.1 Å². The third-order valence-corrected chi connectivity index (χ3v) is 5.30. The van der Waals surface area contributed by atoms with E-state index in [1.54, 1.807) is 23.1 Å². The Balaban J connectivity index is 1.85. The van der Waals surface area contributed by atoms with E-state index in [2.05, 4.69) is 26.2 Å². The van der Waals surface area contributed by atoms with Gasteiger partial charge in [-0.05, 0) is 42.6 Å². The summed E-state index contributed by atoms with van der Waals surface area (Å²) >= 11 is 0. The molecule has 1 aliphatic rings. The van der Waals surface area contributed by atoms with Gasteiger partial charge in [0.1, 0.15) is 24.7 Å². The summed E-state index contributed by atoms with van der Waals surface area (Å²) in [4.78, 5) is 27.1. The Morgan fingerprint density at radius 2 is 2.23 bits per heavy atom. The number of nitrogens with one attached hydrogen (secondary N) is 2. The second-order valence-electron chi connectivity index (χ2n) is 7.82. The molecule has 0 spiro atoms. The van der Waals surface area contributed by atoms with E-state index in [0.717, 1.165) is 0 Å². The van der Waals surface area contributed by atoms with Gasteiger partial charge in [-0.2, -0.15) is 0 Å². The number of carbonyl (C=O) groups excluding carboxylic acids is 2. The smallest absolute Gasteiger partial charge is 0.246 e. The van der Waals surface area contributed by atoms with Crippen LogP contribution in [0.5, 0.6) is 5.75 Å². The van der Waals surface area contributed by atoms with E-state index < -0.39 is 0 Å². The number of benzene rings is 1. The predicted octanol–water partition coefficient (Wildman–Crippen LogP) is -0.320. The highest BCUT2D eigenvalue weighted by Crippen LogP contribution is 2.28. The minimum absolute atomic E-state index is 0.0247. The van der Waals surface area contributed by atoms with Gasteiger partial charge in [0.05, 0.1) is 19.1 Å². The number of amides is 2. The second kappa shape index (κ2) is 10.3. The molecule has 0 radical (unpaired) electrons. The average Bonchev–Trinajstić information content (AvgIpc) is 3.25.